The van der Waals surface area contributed by atoms with Crippen molar-refractivity contribution >= 4 is 23.4 Å². The van der Waals surface area contributed by atoms with Crippen molar-refractivity contribution in [1.82, 2.24) is 9.97 Å². The zero-order valence-corrected chi connectivity index (χ0v) is 10.3. The molecule has 1 aromatic rings. The van der Waals surface area contributed by atoms with E-state index in [1.807, 2.05) is 18.7 Å². The monoisotopic (exact) mass is 242 g/mol. The molecule has 0 unspecified atom stereocenters. The fraction of sp³-hybridized carbons (Fsp3) is 0.600. The zero-order valence-electron chi connectivity index (χ0n) is 9.44. The summed E-state index contributed by atoms with van der Waals surface area (Å²) in [7, 11) is 0. The summed E-state index contributed by atoms with van der Waals surface area (Å²) < 4.78 is 0. The van der Waals surface area contributed by atoms with E-state index in [2.05, 4.69) is 15.3 Å². The third-order valence-electron chi connectivity index (χ3n) is 1.86. The SMILES string of the molecule is Cc1nc(N)cc(NCCSCCCO)n1. The van der Waals surface area contributed by atoms with Crippen LogP contribution in [0.5, 0.6) is 0 Å². The van der Waals surface area contributed by atoms with Gasteiger partial charge in [0.15, 0.2) is 0 Å². The molecular weight excluding hydrogens is 224 g/mol. The molecule has 90 valence electrons. The van der Waals surface area contributed by atoms with Crippen LogP contribution in [0.1, 0.15) is 12.2 Å². The molecular formula is C10H18N4OS. The maximum absolute atomic E-state index is 8.60. The van der Waals surface area contributed by atoms with Crippen LogP contribution in [-0.2, 0) is 0 Å². The van der Waals surface area contributed by atoms with E-state index in [0.717, 1.165) is 30.3 Å². The number of aliphatic hydroxyl groups excluding tert-OH is 1. The Morgan fingerprint density at radius 1 is 1.44 bits per heavy atom. The van der Waals surface area contributed by atoms with Gasteiger partial charge >= 0.3 is 0 Å². The molecule has 0 spiro atoms. The van der Waals surface area contributed by atoms with Crippen molar-refractivity contribution in [3.05, 3.63) is 11.9 Å². The third-order valence-corrected chi connectivity index (χ3v) is 2.93. The maximum atomic E-state index is 8.60. The standard InChI is InChI=1S/C10H18N4OS/c1-8-13-9(11)7-10(14-8)12-3-6-16-5-2-4-15/h7,15H,2-6H2,1H3,(H3,11,12,13,14). The van der Waals surface area contributed by atoms with E-state index in [-0.39, 0.29) is 6.61 Å². The first kappa shape index (κ1) is 13.1. The largest absolute Gasteiger partial charge is 0.396 e. The van der Waals surface area contributed by atoms with E-state index in [1.54, 1.807) is 6.07 Å². The molecule has 5 nitrogen and oxygen atoms in total. The van der Waals surface area contributed by atoms with Gasteiger partial charge in [-0.15, -0.1) is 0 Å². The number of rotatable bonds is 7. The van der Waals surface area contributed by atoms with Gasteiger partial charge in [-0.2, -0.15) is 11.8 Å². The highest BCUT2D eigenvalue weighted by molar-refractivity contribution is 7.99. The van der Waals surface area contributed by atoms with Crippen LogP contribution in [0, 0.1) is 6.92 Å². The lowest BCUT2D eigenvalue weighted by molar-refractivity contribution is 0.296. The highest BCUT2D eigenvalue weighted by Gasteiger charge is 1.98. The molecule has 0 bridgehead atoms. The van der Waals surface area contributed by atoms with Crippen molar-refractivity contribution in [1.29, 1.82) is 0 Å². The van der Waals surface area contributed by atoms with Crippen LogP contribution in [0.3, 0.4) is 0 Å². The number of nitrogens with zero attached hydrogens (tertiary/aromatic N) is 2. The van der Waals surface area contributed by atoms with Gasteiger partial charge in [0.1, 0.15) is 17.5 Å². The molecule has 0 aliphatic rings. The molecule has 0 saturated carbocycles. The molecule has 1 rings (SSSR count). The number of anilines is 2. The number of hydrogen-bond donors (Lipinski definition) is 3. The Balaban J connectivity index is 2.21. The third kappa shape index (κ3) is 5.18. The molecule has 0 aliphatic carbocycles. The van der Waals surface area contributed by atoms with Gasteiger partial charge in [-0.05, 0) is 19.1 Å². The molecule has 1 heterocycles. The summed E-state index contributed by atoms with van der Waals surface area (Å²) in [6.07, 6.45) is 0.851. The smallest absolute Gasteiger partial charge is 0.131 e. The Hall–Kier alpha value is -1.01. The van der Waals surface area contributed by atoms with Crippen LogP contribution in [0.25, 0.3) is 0 Å². The van der Waals surface area contributed by atoms with E-state index in [4.69, 9.17) is 10.8 Å². The van der Waals surface area contributed by atoms with Crippen LogP contribution in [0.4, 0.5) is 11.6 Å². The van der Waals surface area contributed by atoms with Crippen LogP contribution in [-0.4, -0.2) is 39.7 Å². The second kappa shape index (κ2) is 7.29. The molecule has 6 heteroatoms. The van der Waals surface area contributed by atoms with Crippen molar-refractivity contribution in [3.8, 4) is 0 Å². The first-order chi connectivity index (χ1) is 7.72. The average Bonchev–Trinajstić information content (AvgIpc) is 2.22. The topological polar surface area (TPSA) is 84.1 Å². The Morgan fingerprint density at radius 3 is 2.94 bits per heavy atom. The van der Waals surface area contributed by atoms with Gasteiger partial charge in [-0.25, -0.2) is 9.97 Å². The van der Waals surface area contributed by atoms with Crippen molar-refractivity contribution in [3.63, 3.8) is 0 Å². The van der Waals surface area contributed by atoms with Gasteiger partial charge in [-0.3, -0.25) is 0 Å². The quantitative estimate of drug-likeness (QED) is 0.616. The molecule has 0 aromatic carbocycles. The molecule has 0 fully saturated rings. The fourth-order valence-corrected chi connectivity index (χ4v) is 1.99. The van der Waals surface area contributed by atoms with Gasteiger partial charge in [0.2, 0.25) is 0 Å². The van der Waals surface area contributed by atoms with Crippen molar-refractivity contribution in [2.75, 3.05) is 35.7 Å². The predicted molar refractivity (Wildman–Crippen MR) is 68.7 cm³/mol. The minimum absolute atomic E-state index is 0.266. The molecule has 0 saturated heterocycles. The number of nitrogen functional groups attached to an aromatic ring is 1. The highest BCUT2D eigenvalue weighted by atomic mass is 32.2. The average molecular weight is 242 g/mol. The minimum atomic E-state index is 0.266. The number of aliphatic hydroxyl groups is 1. The number of aromatic nitrogens is 2. The number of hydrogen-bond acceptors (Lipinski definition) is 6. The lowest BCUT2D eigenvalue weighted by atomic mass is 10.5. The summed E-state index contributed by atoms with van der Waals surface area (Å²) in [5, 5.41) is 11.8. The van der Waals surface area contributed by atoms with Gasteiger partial charge < -0.3 is 16.2 Å². The summed E-state index contributed by atoms with van der Waals surface area (Å²) in [6.45, 7) is 2.92. The first-order valence-electron chi connectivity index (χ1n) is 5.26. The predicted octanol–water partition coefficient (Wildman–Crippen LogP) is 0.895. The summed E-state index contributed by atoms with van der Waals surface area (Å²) >= 11 is 1.81. The van der Waals surface area contributed by atoms with Crippen LogP contribution in [0.2, 0.25) is 0 Å². The maximum Gasteiger partial charge on any atom is 0.131 e. The van der Waals surface area contributed by atoms with E-state index in [9.17, 15) is 0 Å². The molecule has 0 radical (unpaired) electrons. The second-order valence-corrected chi connectivity index (χ2v) is 4.57. The van der Waals surface area contributed by atoms with Crippen LogP contribution in [0.15, 0.2) is 6.07 Å². The van der Waals surface area contributed by atoms with Crippen molar-refractivity contribution in [2.24, 2.45) is 0 Å². The fourth-order valence-electron chi connectivity index (χ4n) is 1.20. The molecule has 1 aromatic heterocycles. The van der Waals surface area contributed by atoms with Crippen molar-refractivity contribution < 1.29 is 5.11 Å². The van der Waals surface area contributed by atoms with Crippen LogP contribution >= 0.6 is 11.8 Å². The Morgan fingerprint density at radius 2 is 2.25 bits per heavy atom. The second-order valence-electron chi connectivity index (χ2n) is 3.34. The lowest BCUT2D eigenvalue weighted by Crippen LogP contribution is -2.08. The number of thioether (sulfide) groups is 1. The Labute approximate surface area is 99.9 Å². The normalized spacial score (nSPS) is 10.4. The number of nitrogens with one attached hydrogen (secondary N) is 1. The van der Waals surface area contributed by atoms with Crippen molar-refractivity contribution in [2.45, 2.75) is 13.3 Å². The van der Waals surface area contributed by atoms with Gasteiger partial charge in [-0.1, -0.05) is 0 Å². The molecule has 0 amide bonds. The molecule has 0 atom stereocenters. The Kier molecular flexibility index (Phi) is 5.95. The summed E-state index contributed by atoms with van der Waals surface area (Å²) in [5.41, 5.74) is 5.61. The number of aryl methyl sites for hydroxylation is 1. The number of nitrogens with two attached hydrogens (primary N) is 1. The summed E-state index contributed by atoms with van der Waals surface area (Å²) in [6, 6.07) is 1.73. The van der Waals surface area contributed by atoms with Crippen LogP contribution < -0.4 is 11.1 Å². The van der Waals surface area contributed by atoms with Gasteiger partial charge in [0, 0.05) is 25.0 Å². The van der Waals surface area contributed by atoms with Gasteiger partial charge in [0.05, 0.1) is 0 Å². The van der Waals surface area contributed by atoms with E-state index < -0.39 is 0 Å². The van der Waals surface area contributed by atoms with Gasteiger partial charge in [0.25, 0.3) is 0 Å². The molecule has 0 aliphatic heterocycles. The summed E-state index contributed by atoms with van der Waals surface area (Å²) in [4.78, 5) is 8.21. The molecule has 4 N–H and O–H groups in total. The Bertz CT molecular complexity index is 301. The van der Waals surface area contributed by atoms with E-state index >= 15 is 0 Å². The zero-order chi connectivity index (χ0) is 11.8. The van der Waals surface area contributed by atoms with E-state index in [0.29, 0.717) is 11.6 Å². The summed E-state index contributed by atoms with van der Waals surface area (Å²) in [5.74, 6) is 3.91. The highest BCUT2D eigenvalue weighted by Crippen LogP contribution is 2.08. The molecule has 16 heavy (non-hydrogen) atoms. The van der Waals surface area contributed by atoms with E-state index in [1.165, 1.54) is 0 Å². The lowest BCUT2D eigenvalue weighted by Gasteiger charge is -2.06. The minimum Gasteiger partial charge on any atom is -0.396 e. The first-order valence-corrected chi connectivity index (χ1v) is 6.41.